The molecule has 0 aliphatic carbocycles. The molecule has 470 valence electrons. The largest absolute Gasteiger partial charge is 0.462 e. The van der Waals surface area contributed by atoms with E-state index in [9.17, 15) is 14.4 Å². The van der Waals surface area contributed by atoms with Crippen LogP contribution >= 0.6 is 0 Å². The van der Waals surface area contributed by atoms with E-state index in [1.54, 1.807) is 0 Å². The minimum absolute atomic E-state index is 0.0599. The molecule has 0 aromatic heterocycles. The van der Waals surface area contributed by atoms with Crippen molar-refractivity contribution >= 4 is 17.9 Å². The van der Waals surface area contributed by atoms with Gasteiger partial charge in [-0.05, 0) is 19.3 Å². The molecule has 0 aliphatic heterocycles. The van der Waals surface area contributed by atoms with Gasteiger partial charge in [0.15, 0.2) is 6.10 Å². The van der Waals surface area contributed by atoms with E-state index in [1.165, 1.54) is 334 Å². The van der Waals surface area contributed by atoms with Crippen molar-refractivity contribution in [2.24, 2.45) is 0 Å². The summed E-state index contributed by atoms with van der Waals surface area (Å²) in [5.41, 5.74) is 0. The second kappa shape index (κ2) is 68.9. The molecule has 0 aliphatic rings. The lowest BCUT2D eigenvalue weighted by Gasteiger charge is -2.18. The summed E-state index contributed by atoms with van der Waals surface area (Å²) in [6, 6.07) is 0. The van der Waals surface area contributed by atoms with Crippen LogP contribution in [0.15, 0.2) is 0 Å². The van der Waals surface area contributed by atoms with Crippen LogP contribution in [0.1, 0.15) is 432 Å². The van der Waals surface area contributed by atoms with Gasteiger partial charge in [0.05, 0.1) is 0 Å². The van der Waals surface area contributed by atoms with Crippen LogP contribution in [-0.2, 0) is 28.6 Å². The van der Waals surface area contributed by atoms with Crippen LogP contribution in [0.3, 0.4) is 0 Å². The van der Waals surface area contributed by atoms with Crippen molar-refractivity contribution in [1.29, 1.82) is 0 Å². The van der Waals surface area contributed by atoms with Gasteiger partial charge >= 0.3 is 17.9 Å². The highest BCUT2D eigenvalue weighted by atomic mass is 16.6. The molecule has 0 rings (SSSR count). The zero-order chi connectivity index (χ0) is 57.1. The van der Waals surface area contributed by atoms with Crippen molar-refractivity contribution in [1.82, 2.24) is 0 Å². The molecule has 0 bridgehead atoms. The SMILES string of the molecule is CCCCCCCCCCCCCCCCCCCCCCCCC(=O)OCC(COC(=O)CCCCCCCCCCCCCCCCCCCC)OC(=O)CCCCCCCCCCCCCCCCCCCCCCC. The Morgan fingerprint density at radius 1 is 0.203 bits per heavy atom. The van der Waals surface area contributed by atoms with Crippen molar-refractivity contribution in [3.63, 3.8) is 0 Å². The van der Waals surface area contributed by atoms with Crippen molar-refractivity contribution in [3.8, 4) is 0 Å². The summed E-state index contributed by atoms with van der Waals surface area (Å²) in [6.07, 6.45) is 81.3. The molecule has 0 amide bonds. The van der Waals surface area contributed by atoms with E-state index >= 15 is 0 Å². The van der Waals surface area contributed by atoms with Crippen molar-refractivity contribution in [3.05, 3.63) is 0 Å². The van der Waals surface area contributed by atoms with Crippen LogP contribution < -0.4 is 0 Å². The first-order valence-electron chi connectivity index (χ1n) is 36.5. The molecule has 0 spiro atoms. The Balaban J connectivity index is 4.26. The molecule has 6 heteroatoms. The third-order valence-corrected chi connectivity index (χ3v) is 17.1. The van der Waals surface area contributed by atoms with Gasteiger partial charge in [-0.2, -0.15) is 0 Å². The van der Waals surface area contributed by atoms with Crippen LogP contribution in [0.2, 0.25) is 0 Å². The number of carbonyl (C=O) groups is 3. The van der Waals surface area contributed by atoms with Gasteiger partial charge in [0.2, 0.25) is 0 Å². The molecule has 0 saturated heterocycles. The molecule has 79 heavy (non-hydrogen) atoms. The zero-order valence-corrected chi connectivity index (χ0v) is 54.2. The fraction of sp³-hybridized carbons (Fsp3) is 0.959. The van der Waals surface area contributed by atoms with Gasteiger partial charge in [0, 0.05) is 19.3 Å². The first-order valence-corrected chi connectivity index (χ1v) is 36.5. The van der Waals surface area contributed by atoms with Gasteiger partial charge in [0.25, 0.3) is 0 Å². The average molecular weight is 1120 g/mol. The van der Waals surface area contributed by atoms with Gasteiger partial charge in [-0.1, -0.05) is 393 Å². The lowest BCUT2D eigenvalue weighted by atomic mass is 10.0. The van der Waals surface area contributed by atoms with E-state index in [0.717, 1.165) is 57.8 Å². The number of hydrogen-bond acceptors (Lipinski definition) is 6. The lowest BCUT2D eigenvalue weighted by molar-refractivity contribution is -0.167. The third-order valence-electron chi connectivity index (χ3n) is 17.1. The molecule has 0 N–H and O–H groups in total. The standard InChI is InChI=1S/C73H142O6/c1-4-7-10-13-16-19-22-25-28-31-34-36-38-39-42-45-48-51-54-57-60-63-66-72(75)78-69-70(68-77-71(74)65-62-59-56-53-50-47-44-41-33-30-27-24-21-18-15-12-9-6-3)79-73(76)67-64-61-58-55-52-49-46-43-40-37-35-32-29-26-23-20-17-14-11-8-5-2/h70H,4-69H2,1-3H3. The summed E-state index contributed by atoms with van der Waals surface area (Å²) in [7, 11) is 0. The summed E-state index contributed by atoms with van der Waals surface area (Å²) < 4.78 is 17.0. The predicted molar refractivity (Wildman–Crippen MR) is 344 cm³/mol. The van der Waals surface area contributed by atoms with Crippen molar-refractivity contribution < 1.29 is 28.6 Å². The maximum absolute atomic E-state index is 13.0. The Morgan fingerprint density at radius 3 is 0.506 bits per heavy atom. The Labute approximate surface area is 495 Å². The molecule has 0 fully saturated rings. The molecule has 0 aromatic rings. The highest BCUT2D eigenvalue weighted by Crippen LogP contribution is 2.20. The summed E-state index contributed by atoms with van der Waals surface area (Å²) >= 11 is 0. The normalized spacial score (nSPS) is 11.9. The minimum atomic E-state index is -0.764. The lowest BCUT2D eigenvalue weighted by Crippen LogP contribution is -2.30. The van der Waals surface area contributed by atoms with Crippen LogP contribution in [0.25, 0.3) is 0 Å². The topological polar surface area (TPSA) is 78.9 Å². The fourth-order valence-electron chi connectivity index (χ4n) is 11.6. The summed E-state index contributed by atoms with van der Waals surface area (Å²) in [4.78, 5) is 38.5. The second-order valence-corrected chi connectivity index (χ2v) is 25.2. The van der Waals surface area contributed by atoms with Crippen LogP contribution in [0.4, 0.5) is 0 Å². The van der Waals surface area contributed by atoms with Crippen LogP contribution in [0.5, 0.6) is 0 Å². The van der Waals surface area contributed by atoms with Crippen molar-refractivity contribution in [2.45, 2.75) is 438 Å². The Bertz CT molecular complexity index is 1190. The van der Waals surface area contributed by atoms with Crippen LogP contribution in [0, 0.1) is 0 Å². The molecule has 0 aromatic carbocycles. The number of unbranched alkanes of at least 4 members (excludes halogenated alkanes) is 58. The highest BCUT2D eigenvalue weighted by Gasteiger charge is 2.20. The maximum atomic E-state index is 13.0. The Morgan fingerprint density at radius 2 is 0.342 bits per heavy atom. The third kappa shape index (κ3) is 67.1. The molecule has 0 radical (unpaired) electrons. The highest BCUT2D eigenvalue weighted by molar-refractivity contribution is 5.71. The second-order valence-electron chi connectivity index (χ2n) is 25.2. The van der Waals surface area contributed by atoms with Crippen LogP contribution in [-0.4, -0.2) is 37.2 Å². The molecule has 1 atom stereocenters. The van der Waals surface area contributed by atoms with Gasteiger partial charge in [-0.3, -0.25) is 14.4 Å². The van der Waals surface area contributed by atoms with E-state index < -0.39 is 6.10 Å². The summed E-state index contributed by atoms with van der Waals surface area (Å²) in [5, 5.41) is 0. The molecule has 0 heterocycles. The van der Waals surface area contributed by atoms with E-state index in [4.69, 9.17) is 14.2 Å². The average Bonchev–Trinajstić information content (AvgIpc) is 3.45. The number of ether oxygens (including phenoxy) is 3. The molecule has 0 saturated carbocycles. The van der Waals surface area contributed by atoms with E-state index in [2.05, 4.69) is 20.8 Å². The van der Waals surface area contributed by atoms with E-state index in [1.807, 2.05) is 0 Å². The van der Waals surface area contributed by atoms with Crippen molar-refractivity contribution in [2.75, 3.05) is 13.2 Å². The van der Waals surface area contributed by atoms with Gasteiger partial charge in [-0.15, -0.1) is 0 Å². The molecular formula is C73H142O6. The predicted octanol–water partition coefficient (Wildman–Crippen LogP) is 25.0. The Kier molecular flexibility index (Phi) is 67.5. The first-order chi connectivity index (χ1) is 39.0. The Hall–Kier alpha value is -1.59. The smallest absolute Gasteiger partial charge is 0.306 e. The summed E-state index contributed by atoms with van der Waals surface area (Å²) in [5.74, 6) is -0.815. The fourth-order valence-corrected chi connectivity index (χ4v) is 11.6. The zero-order valence-electron chi connectivity index (χ0n) is 54.2. The first kappa shape index (κ1) is 77.4. The molecule has 1 unspecified atom stereocenters. The van der Waals surface area contributed by atoms with E-state index in [0.29, 0.717) is 19.3 Å². The van der Waals surface area contributed by atoms with E-state index in [-0.39, 0.29) is 31.1 Å². The molecule has 6 nitrogen and oxygen atoms in total. The number of esters is 3. The monoisotopic (exact) mass is 1120 g/mol. The number of rotatable bonds is 69. The van der Waals surface area contributed by atoms with Gasteiger partial charge < -0.3 is 14.2 Å². The number of hydrogen-bond donors (Lipinski definition) is 0. The maximum Gasteiger partial charge on any atom is 0.306 e. The quantitative estimate of drug-likeness (QED) is 0.0343. The number of carbonyl (C=O) groups excluding carboxylic acids is 3. The molecular weight excluding hydrogens is 973 g/mol. The van der Waals surface area contributed by atoms with Gasteiger partial charge in [0.1, 0.15) is 13.2 Å². The minimum Gasteiger partial charge on any atom is -0.462 e. The van der Waals surface area contributed by atoms with Gasteiger partial charge in [-0.25, -0.2) is 0 Å². The summed E-state index contributed by atoms with van der Waals surface area (Å²) in [6.45, 7) is 6.76.